The first kappa shape index (κ1) is 16.7. The summed E-state index contributed by atoms with van der Waals surface area (Å²) in [4.78, 5) is 25.9. The Labute approximate surface area is 134 Å². The molecule has 2 aromatic heterocycles. The highest BCUT2D eigenvalue weighted by molar-refractivity contribution is 5.38. The lowest BCUT2D eigenvalue weighted by Crippen LogP contribution is -2.28. The predicted octanol–water partition coefficient (Wildman–Crippen LogP) is 1.03. The van der Waals surface area contributed by atoms with Crippen LogP contribution in [0.1, 0.15) is 20.8 Å². The first-order valence-electron chi connectivity index (χ1n) is 7.08. The van der Waals surface area contributed by atoms with Gasteiger partial charge in [0.05, 0.1) is 0 Å². The van der Waals surface area contributed by atoms with Crippen molar-refractivity contribution in [1.82, 2.24) is 24.7 Å². The van der Waals surface area contributed by atoms with Gasteiger partial charge in [0.2, 0.25) is 17.8 Å². The molecule has 0 saturated carbocycles. The third kappa shape index (κ3) is 4.63. The number of nitrogens with zero attached hydrogens (tertiary/aromatic N) is 6. The summed E-state index contributed by atoms with van der Waals surface area (Å²) in [5.74, 6) is 1.08. The molecule has 0 amide bonds. The minimum absolute atomic E-state index is 0.0987. The molecule has 0 fully saturated rings. The maximum Gasteiger partial charge on any atom is 0.330 e. The molecule has 0 bridgehead atoms. The fraction of sp³-hybridized carbons (Fsp3) is 0.500. The molecule has 0 atom stereocenters. The van der Waals surface area contributed by atoms with Crippen LogP contribution in [0.5, 0.6) is 11.9 Å². The molecule has 0 unspecified atom stereocenters. The molecule has 0 aliphatic rings. The van der Waals surface area contributed by atoms with Crippen LogP contribution in [0.3, 0.4) is 0 Å². The van der Waals surface area contributed by atoms with Crippen molar-refractivity contribution in [2.45, 2.75) is 26.3 Å². The minimum atomic E-state index is -0.225. The average molecular weight is 319 g/mol. The Balaban J connectivity index is 2.36. The van der Waals surface area contributed by atoms with Crippen molar-refractivity contribution in [2.24, 2.45) is 7.05 Å². The summed E-state index contributed by atoms with van der Waals surface area (Å²) < 4.78 is 6.74. The zero-order valence-electron chi connectivity index (χ0n) is 14.2. The maximum absolute atomic E-state index is 11.4. The summed E-state index contributed by atoms with van der Waals surface area (Å²) >= 11 is 0. The Kier molecular flexibility index (Phi) is 4.48. The molecule has 2 heterocycles. The van der Waals surface area contributed by atoms with Gasteiger partial charge in [-0.2, -0.15) is 15.0 Å². The summed E-state index contributed by atoms with van der Waals surface area (Å²) in [6.07, 6.45) is 0. The van der Waals surface area contributed by atoms with Gasteiger partial charge in [0.1, 0.15) is 0 Å². The zero-order chi connectivity index (χ0) is 17.2. The molecule has 1 N–H and O–H groups in total. The van der Waals surface area contributed by atoms with Gasteiger partial charge in [-0.05, 0) is 20.8 Å². The number of aryl methyl sites for hydroxylation is 1. The normalized spacial score (nSPS) is 11.2. The van der Waals surface area contributed by atoms with Crippen LogP contribution in [-0.4, -0.2) is 44.4 Å². The average Bonchev–Trinajstić information content (AvgIpc) is 2.40. The quantitative estimate of drug-likeness (QED) is 0.892. The predicted molar refractivity (Wildman–Crippen MR) is 87.1 cm³/mol. The topological polar surface area (TPSA) is 98.1 Å². The molecule has 9 heteroatoms. The van der Waals surface area contributed by atoms with Crippen molar-refractivity contribution >= 4 is 11.9 Å². The second kappa shape index (κ2) is 6.19. The van der Waals surface area contributed by atoms with Gasteiger partial charge in [0, 0.05) is 38.8 Å². The minimum Gasteiger partial charge on any atom is -0.403 e. The van der Waals surface area contributed by atoms with E-state index in [9.17, 15) is 4.79 Å². The molecule has 9 nitrogen and oxygen atoms in total. The Hall–Kier alpha value is -2.71. The molecule has 0 spiro atoms. The van der Waals surface area contributed by atoms with Crippen LogP contribution in [0, 0.1) is 0 Å². The van der Waals surface area contributed by atoms with Gasteiger partial charge >= 0.3 is 6.01 Å². The van der Waals surface area contributed by atoms with Crippen LogP contribution in [-0.2, 0) is 7.05 Å². The van der Waals surface area contributed by atoms with Gasteiger partial charge in [-0.1, -0.05) is 0 Å². The van der Waals surface area contributed by atoms with E-state index in [1.165, 1.54) is 16.8 Å². The number of aromatic nitrogens is 5. The van der Waals surface area contributed by atoms with E-state index in [2.05, 4.69) is 25.4 Å². The van der Waals surface area contributed by atoms with Crippen molar-refractivity contribution in [2.75, 3.05) is 24.3 Å². The van der Waals surface area contributed by atoms with E-state index in [-0.39, 0.29) is 23.0 Å². The van der Waals surface area contributed by atoms with Crippen LogP contribution in [0.2, 0.25) is 0 Å². The molecular weight excluding hydrogens is 298 g/mol. The fourth-order valence-electron chi connectivity index (χ4n) is 1.61. The molecule has 0 radical (unpaired) electrons. The van der Waals surface area contributed by atoms with E-state index in [4.69, 9.17) is 4.74 Å². The fourth-order valence-corrected chi connectivity index (χ4v) is 1.61. The van der Waals surface area contributed by atoms with Gasteiger partial charge in [-0.15, -0.1) is 5.10 Å². The maximum atomic E-state index is 11.4. The molecule has 2 rings (SSSR count). The molecule has 0 aliphatic carbocycles. The van der Waals surface area contributed by atoms with E-state index >= 15 is 0 Å². The number of rotatable bonds is 4. The van der Waals surface area contributed by atoms with E-state index in [1.807, 2.05) is 34.9 Å². The third-order valence-corrected chi connectivity index (χ3v) is 2.62. The van der Waals surface area contributed by atoms with Crippen molar-refractivity contribution < 1.29 is 4.74 Å². The molecule has 0 aromatic carbocycles. The van der Waals surface area contributed by atoms with Crippen LogP contribution in [0.25, 0.3) is 0 Å². The summed E-state index contributed by atoms with van der Waals surface area (Å²) in [7, 11) is 5.19. The van der Waals surface area contributed by atoms with Crippen molar-refractivity contribution in [1.29, 1.82) is 0 Å². The van der Waals surface area contributed by atoms with Crippen molar-refractivity contribution in [3.63, 3.8) is 0 Å². The Morgan fingerprint density at radius 1 is 1.17 bits per heavy atom. The summed E-state index contributed by atoms with van der Waals surface area (Å²) in [6, 6.07) is 2.94. The largest absolute Gasteiger partial charge is 0.403 e. The standard InChI is InChI=1S/C14H21N7O2/c1-14(2,3)18-11-15-12(20(4)5)17-13(16-11)23-9-7-8-10(22)21(6)19-9/h7-8H,1-6H3,(H,15,16,17,18). The lowest BCUT2D eigenvalue weighted by Gasteiger charge is -2.21. The number of nitrogens with one attached hydrogen (secondary N) is 1. The molecule has 124 valence electrons. The monoisotopic (exact) mass is 319 g/mol. The number of hydrogen-bond acceptors (Lipinski definition) is 8. The molecule has 0 aliphatic heterocycles. The first-order chi connectivity index (χ1) is 10.6. The Morgan fingerprint density at radius 2 is 1.87 bits per heavy atom. The van der Waals surface area contributed by atoms with Crippen LogP contribution in [0.4, 0.5) is 11.9 Å². The van der Waals surface area contributed by atoms with Gasteiger partial charge in [0.15, 0.2) is 0 Å². The molecular formula is C14H21N7O2. The van der Waals surface area contributed by atoms with Crippen LogP contribution >= 0.6 is 0 Å². The molecule has 0 saturated heterocycles. The van der Waals surface area contributed by atoms with Gasteiger partial charge in [-0.25, -0.2) is 4.68 Å². The number of anilines is 2. The Bertz CT molecular complexity index is 750. The van der Waals surface area contributed by atoms with Crippen molar-refractivity contribution in [3.8, 4) is 11.9 Å². The smallest absolute Gasteiger partial charge is 0.330 e. The number of hydrogen-bond donors (Lipinski definition) is 1. The van der Waals surface area contributed by atoms with E-state index in [0.29, 0.717) is 11.9 Å². The first-order valence-corrected chi connectivity index (χ1v) is 7.08. The van der Waals surface area contributed by atoms with E-state index < -0.39 is 0 Å². The lowest BCUT2D eigenvalue weighted by atomic mass is 10.1. The zero-order valence-corrected chi connectivity index (χ0v) is 14.2. The summed E-state index contributed by atoms with van der Waals surface area (Å²) in [5, 5.41) is 7.17. The van der Waals surface area contributed by atoms with Gasteiger partial charge < -0.3 is 15.0 Å². The summed E-state index contributed by atoms with van der Waals surface area (Å²) in [5.41, 5.74) is -0.436. The highest BCUT2D eigenvalue weighted by Crippen LogP contribution is 2.19. The second-order valence-electron chi connectivity index (χ2n) is 6.25. The lowest BCUT2D eigenvalue weighted by molar-refractivity contribution is 0.406. The molecule has 2 aromatic rings. The van der Waals surface area contributed by atoms with E-state index in [1.54, 1.807) is 11.9 Å². The second-order valence-corrected chi connectivity index (χ2v) is 6.25. The third-order valence-electron chi connectivity index (χ3n) is 2.62. The van der Waals surface area contributed by atoms with Crippen molar-refractivity contribution in [3.05, 3.63) is 22.5 Å². The van der Waals surface area contributed by atoms with Gasteiger partial charge in [-0.3, -0.25) is 4.79 Å². The highest BCUT2D eigenvalue weighted by Gasteiger charge is 2.16. The highest BCUT2D eigenvalue weighted by atomic mass is 16.5. The van der Waals surface area contributed by atoms with Gasteiger partial charge in [0.25, 0.3) is 5.56 Å². The van der Waals surface area contributed by atoms with Crippen LogP contribution in [0.15, 0.2) is 16.9 Å². The SMILES string of the molecule is CN(C)c1nc(NC(C)(C)C)nc(Oc2ccc(=O)n(C)n2)n1. The summed E-state index contributed by atoms with van der Waals surface area (Å²) in [6.45, 7) is 6.00. The number of ether oxygens (including phenoxy) is 1. The van der Waals surface area contributed by atoms with E-state index in [0.717, 1.165) is 0 Å². The van der Waals surface area contributed by atoms with Crippen LogP contribution < -0.4 is 20.5 Å². The molecule has 23 heavy (non-hydrogen) atoms. The Morgan fingerprint density at radius 3 is 2.43 bits per heavy atom.